The molecule has 1 fully saturated rings. The Kier molecular flexibility index (Phi) is 2.70. The number of nitrogens with two attached hydrogens (primary N) is 1. The smallest absolute Gasteiger partial charge is 0.312 e. The van der Waals surface area contributed by atoms with Crippen LogP contribution in [-0.2, 0) is 0 Å². The second kappa shape index (κ2) is 3.57. The zero-order valence-electron chi connectivity index (χ0n) is 6.42. The molecule has 0 aromatic carbocycles. The molecule has 0 aliphatic heterocycles. The fraction of sp³-hybridized carbons (Fsp3) is 0.857. The van der Waals surface area contributed by atoms with Crippen molar-refractivity contribution in [2.24, 2.45) is 5.73 Å². The molecule has 2 atom stereocenters. The standard InChI is InChI=1S/C7H14N2O2/c8-7(11)9-5-3-1-2-4-6(5)10/h5-6,10H,1-4H2,(H3,8,9,11)/t5-,6-/m1/s1. The Morgan fingerprint density at radius 2 is 2.09 bits per heavy atom. The van der Waals surface area contributed by atoms with Crippen LogP contribution in [0.4, 0.5) is 4.79 Å². The van der Waals surface area contributed by atoms with Gasteiger partial charge in [-0.25, -0.2) is 4.79 Å². The van der Waals surface area contributed by atoms with Gasteiger partial charge >= 0.3 is 6.03 Å². The number of urea groups is 1. The van der Waals surface area contributed by atoms with Gasteiger partial charge in [-0.2, -0.15) is 0 Å². The highest BCUT2D eigenvalue weighted by atomic mass is 16.3. The topological polar surface area (TPSA) is 75.4 Å². The second-order valence-corrected chi connectivity index (χ2v) is 2.97. The van der Waals surface area contributed by atoms with Crippen LogP contribution in [0.15, 0.2) is 0 Å². The van der Waals surface area contributed by atoms with Crippen LogP contribution in [0.1, 0.15) is 25.7 Å². The molecule has 2 amide bonds. The number of hydrogen-bond acceptors (Lipinski definition) is 2. The molecule has 0 saturated heterocycles. The summed E-state index contributed by atoms with van der Waals surface area (Å²) in [6, 6.07) is -0.669. The summed E-state index contributed by atoms with van der Waals surface area (Å²) in [5.74, 6) is 0. The average molecular weight is 158 g/mol. The van der Waals surface area contributed by atoms with Gasteiger partial charge in [0.2, 0.25) is 0 Å². The van der Waals surface area contributed by atoms with E-state index in [1.54, 1.807) is 0 Å². The van der Waals surface area contributed by atoms with Crippen LogP contribution in [0.5, 0.6) is 0 Å². The van der Waals surface area contributed by atoms with Gasteiger partial charge in [-0.15, -0.1) is 0 Å². The van der Waals surface area contributed by atoms with Crippen molar-refractivity contribution < 1.29 is 9.90 Å². The first-order valence-corrected chi connectivity index (χ1v) is 3.94. The summed E-state index contributed by atoms with van der Waals surface area (Å²) < 4.78 is 0. The minimum absolute atomic E-state index is 0.124. The maximum atomic E-state index is 10.4. The normalized spacial score (nSPS) is 31.4. The van der Waals surface area contributed by atoms with E-state index in [0.29, 0.717) is 0 Å². The Morgan fingerprint density at radius 3 is 2.64 bits per heavy atom. The molecule has 1 saturated carbocycles. The van der Waals surface area contributed by atoms with E-state index >= 15 is 0 Å². The summed E-state index contributed by atoms with van der Waals surface area (Å²) in [6.07, 6.45) is 3.30. The highest BCUT2D eigenvalue weighted by Gasteiger charge is 2.23. The van der Waals surface area contributed by atoms with E-state index in [-0.39, 0.29) is 6.04 Å². The van der Waals surface area contributed by atoms with Gasteiger partial charge in [0.1, 0.15) is 0 Å². The lowest BCUT2D eigenvalue weighted by atomic mass is 9.93. The third-order valence-electron chi connectivity index (χ3n) is 2.06. The van der Waals surface area contributed by atoms with E-state index in [9.17, 15) is 9.90 Å². The van der Waals surface area contributed by atoms with Crippen molar-refractivity contribution >= 4 is 6.03 Å². The molecule has 64 valence electrons. The van der Waals surface area contributed by atoms with Crippen LogP contribution >= 0.6 is 0 Å². The van der Waals surface area contributed by atoms with E-state index in [2.05, 4.69) is 5.32 Å². The summed E-state index contributed by atoms with van der Waals surface area (Å²) in [5.41, 5.74) is 4.92. The lowest BCUT2D eigenvalue weighted by Crippen LogP contribution is -2.47. The van der Waals surface area contributed by atoms with E-state index in [0.717, 1.165) is 25.7 Å². The Bertz CT molecular complexity index is 149. The summed E-state index contributed by atoms with van der Waals surface area (Å²) >= 11 is 0. The van der Waals surface area contributed by atoms with Crippen molar-refractivity contribution in [1.29, 1.82) is 0 Å². The number of carbonyl (C=O) groups excluding carboxylic acids is 1. The van der Waals surface area contributed by atoms with Crippen LogP contribution in [0.25, 0.3) is 0 Å². The molecule has 0 bridgehead atoms. The predicted molar refractivity (Wildman–Crippen MR) is 41.0 cm³/mol. The maximum absolute atomic E-state index is 10.4. The Labute approximate surface area is 65.8 Å². The van der Waals surface area contributed by atoms with Gasteiger partial charge in [0, 0.05) is 0 Å². The Balaban J connectivity index is 2.35. The fourth-order valence-corrected chi connectivity index (χ4v) is 1.46. The largest absolute Gasteiger partial charge is 0.391 e. The van der Waals surface area contributed by atoms with Crippen LogP contribution in [0.2, 0.25) is 0 Å². The molecular weight excluding hydrogens is 144 g/mol. The van der Waals surface area contributed by atoms with E-state index in [1.807, 2.05) is 0 Å². The number of amides is 2. The molecule has 1 aliphatic carbocycles. The van der Waals surface area contributed by atoms with Gasteiger partial charge in [-0.1, -0.05) is 12.8 Å². The Morgan fingerprint density at radius 1 is 1.45 bits per heavy atom. The van der Waals surface area contributed by atoms with Gasteiger partial charge in [0.25, 0.3) is 0 Å². The number of aliphatic hydroxyl groups is 1. The number of carbonyl (C=O) groups is 1. The van der Waals surface area contributed by atoms with Gasteiger partial charge in [-0.3, -0.25) is 0 Å². The zero-order chi connectivity index (χ0) is 8.27. The van der Waals surface area contributed by atoms with Crippen LogP contribution in [0.3, 0.4) is 0 Å². The first-order valence-electron chi connectivity index (χ1n) is 3.94. The summed E-state index contributed by atoms with van der Waals surface area (Å²) in [5, 5.41) is 11.9. The van der Waals surface area contributed by atoms with Gasteiger partial charge < -0.3 is 16.2 Å². The van der Waals surface area contributed by atoms with Crippen molar-refractivity contribution in [2.75, 3.05) is 0 Å². The summed E-state index contributed by atoms with van der Waals surface area (Å²) in [6.45, 7) is 0. The fourth-order valence-electron chi connectivity index (χ4n) is 1.46. The van der Waals surface area contributed by atoms with Crippen molar-refractivity contribution in [3.05, 3.63) is 0 Å². The van der Waals surface area contributed by atoms with E-state index < -0.39 is 12.1 Å². The molecule has 4 heteroatoms. The van der Waals surface area contributed by atoms with Gasteiger partial charge in [0.05, 0.1) is 12.1 Å². The molecule has 0 aromatic rings. The maximum Gasteiger partial charge on any atom is 0.312 e. The summed E-state index contributed by atoms with van der Waals surface area (Å²) in [4.78, 5) is 10.4. The zero-order valence-corrected chi connectivity index (χ0v) is 6.42. The number of rotatable bonds is 1. The van der Waals surface area contributed by atoms with Gasteiger partial charge in [-0.05, 0) is 12.8 Å². The third-order valence-corrected chi connectivity index (χ3v) is 2.06. The number of aliphatic hydroxyl groups excluding tert-OH is 1. The first-order chi connectivity index (χ1) is 5.20. The van der Waals surface area contributed by atoms with Crippen molar-refractivity contribution in [3.63, 3.8) is 0 Å². The van der Waals surface area contributed by atoms with Crippen molar-refractivity contribution in [2.45, 2.75) is 37.8 Å². The molecule has 4 nitrogen and oxygen atoms in total. The Hall–Kier alpha value is -0.770. The number of nitrogens with one attached hydrogen (secondary N) is 1. The lowest BCUT2D eigenvalue weighted by molar-refractivity contribution is 0.0952. The molecule has 1 aliphatic rings. The minimum Gasteiger partial charge on any atom is -0.391 e. The highest BCUT2D eigenvalue weighted by Crippen LogP contribution is 2.17. The van der Waals surface area contributed by atoms with Gasteiger partial charge in [0.15, 0.2) is 0 Å². The molecule has 0 heterocycles. The van der Waals surface area contributed by atoms with Crippen molar-refractivity contribution in [3.8, 4) is 0 Å². The number of hydrogen-bond donors (Lipinski definition) is 3. The predicted octanol–water partition coefficient (Wildman–Crippen LogP) is -0.0418. The third kappa shape index (κ3) is 2.38. The molecule has 0 unspecified atom stereocenters. The summed E-state index contributed by atoms with van der Waals surface area (Å²) in [7, 11) is 0. The lowest BCUT2D eigenvalue weighted by Gasteiger charge is -2.27. The van der Waals surface area contributed by atoms with Crippen LogP contribution < -0.4 is 11.1 Å². The molecule has 1 rings (SSSR count). The average Bonchev–Trinajstić information content (AvgIpc) is 1.93. The molecule has 0 aromatic heterocycles. The van der Waals surface area contributed by atoms with E-state index in [4.69, 9.17) is 5.73 Å². The highest BCUT2D eigenvalue weighted by molar-refractivity contribution is 5.72. The molecule has 0 radical (unpaired) electrons. The molecule has 11 heavy (non-hydrogen) atoms. The number of primary amides is 1. The second-order valence-electron chi connectivity index (χ2n) is 2.97. The van der Waals surface area contributed by atoms with E-state index in [1.165, 1.54) is 0 Å². The van der Waals surface area contributed by atoms with Crippen molar-refractivity contribution in [1.82, 2.24) is 5.32 Å². The molecule has 4 N–H and O–H groups in total. The first kappa shape index (κ1) is 8.33. The quantitative estimate of drug-likeness (QED) is 0.500. The SMILES string of the molecule is NC(=O)N[C@@H]1CCCC[C@H]1O. The van der Waals surface area contributed by atoms with Crippen LogP contribution in [0, 0.1) is 0 Å². The minimum atomic E-state index is -0.545. The molecule has 0 spiro atoms. The van der Waals surface area contributed by atoms with Crippen LogP contribution in [-0.4, -0.2) is 23.3 Å². The monoisotopic (exact) mass is 158 g/mol. The molecular formula is C7H14N2O2.